The van der Waals surface area contributed by atoms with Crippen molar-refractivity contribution in [3.63, 3.8) is 0 Å². The third-order valence-electron chi connectivity index (χ3n) is 11.5. The van der Waals surface area contributed by atoms with E-state index >= 15 is 0 Å². The number of aliphatic hydroxyl groups is 2. The van der Waals surface area contributed by atoms with E-state index in [2.05, 4.69) is 33.8 Å². The second-order valence-corrected chi connectivity index (χ2v) is 12.7. The van der Waals surface area contributed by atoms with Gasteiger partial charge in [-0.25, -0.2) is 0 Å². The lowest BCUT2D eigenvalue weighted by Crippen LogP contribution is -2.57. The Labute approximate surface area is 187 Å². The molecule has 2 aliphatic heterocycles. The molecule has 0 bridgehead atoms. The zero-order chi connectivity index (χ0) is 21.8. The maximum Gasteiger partial charge on any atom is 0.171 e. The van der Waals surface area contributed by atoms with Gasteiger partial charge in [-0.2, -0.15) is 0 Å². The molecule has 6 rings (SSSR count). The molecule has 6 aliphatic rings. The molecule has 0 amide bonds. The summed E-state index contributed by atoms with van der Waals surface area (Å²) >= 11 is 0. The van der Waals surface area contributed by atoms with Crippen LogP contribution in [0.2, 0.25) is 0 Å². The van der Waals surface area contributed by atoms with Gasteiger partial charge in [0.1, 0.15) is 0 Å². The van der Waals surface area contributed by atoms with Crippen molar-refractivity contribution in [3.8, 4) is 0 Å². The molecule has 31 heavy (non-hydrogen) atoms. The van der Waals surface area contributed by atoms with Crippen molar-refractivity contribution in [2.45, 2.75) is 103 Å². The van der Waals surface area contributed by atoms with Crippen LogP contribution in [-0.2, 0) is 9.47 Å². The van der Waals surface area contributed by atoms with Crippen molar-refractivity contribution < 1.29 is 19.7 Å². The Morgan fingerprint density at radius 3 is 2.58 bits per heavy atom. The van der Waals surface area contributed by atoms with Crippen molar-refractivity contribution in [2.24, 2.45) is 46.3 Å². The van der Waals surface area contributed by atoms with E-state index in [0.29, 0.717) is 35.5 Å². The number of aliphatic hydroxyl groups excluding tert-OH is 2. The average molecular weight is 431 g/mol. The Morgan fingerprint density at radius 2 is 1.84 bits per heavy atom. The van der Waals surface area contributed by atoms with Gasteiger partial charge in [-0.15, -0.1) is 0 Å². The molecule has 3 saturated carbocycles. The fourth-order valence-electron chi connectivity index (χ4n) is 9.61. The zero-order valence-electron chi connectivity index (χ0n) is 19.8. The van der Waals surface area contributed by atoms with Gasteiger partial charge in [0.05, 0.1) is 24.9 Å². The Bertz CT molecular complexity index is 769. The van der Waals surface area contributed by atoms with Crippen LogP contribution in [-0.4, -0.2) is 40.9 Å². The van der Waals surface area contributed by atoms with Crippen LogP contribution in [0.4, 0.5) is 0 Å². The molecule has 2 N–H and O–H groups in total. The molecule has 4 aliphatic carbocycles. The number of ether oxygens (including phenoxy) is 2. The number of hydrogen-bond donors (Lipinski definition) is 2. The molecular weight excluding hydrogens is 388 g/mol. The van der Waals surface area contributed by atoms with Gasteiger partial charge in [-0.3, -0.25) is 0 Å². The lowest BCUT2D eigenvalue weighted by molar-refractivity contribution is -0.273. The van der Waals surface area contributed by atoms with Gasteiger partial charge in [0.15, 0.2) is 5.79 Å². The normalized spacial score (nSPS) is 60.7. The van der Waals surface area contributed by atoms with E-state index in [0.717, 1.165) is 51.6 Å². The summed E-state index contributed by atoms with van der Waals surface area (Å²) in [7, 11) is 0. The minimum atomic E-state index is -0.419. The van der Waals surface area contributed by atoms with E-state index in [1.165, 1.54) is 12.0 Å². The first kappa shape index (κ1) is 21.1. The Morgan fingerprint density at radius 1 is 1.03 bits per heavy atom. The van der Waals surface area contributed by atoms with Gasteiger partial charge in [-0.05, 0) is 74.0 Å². The predicted molar refractivity (Wildman–Crippen MR) is 119 cm³/mol. The number of allylic oxidation sites excluding steroid dienone is 1. The van der Waals surface area contributed by atoms with E-state index in [1.807, 2.05) is 0 Å². The van der Waals surface area contributed by atoms with Crippen molar-refractivity contribution in [3.05, 3.63) is 11.6 Å². The van der Waals surface area contributed by atoms with Crippen LogP contribution in [0.5, 0.6) is 0 Å². The zero-order valence-corrected chi connectivity index (χ0v) is 19.8. The SMILES string of the molecule is CC1CCC2(OC1)OC1CC3C4CC=C5C[C@@H](O)CC[C@]5(C)C4CC(O)[C@]3(C)C1C2C. The molecule has 2 saturated heterocycles. The van der Waals surface area contributed by atoms with E-state index in [4.69, 9.17) is 9.47 Å². The Balaban J connectivity index is 1.32. The van der Waals surface area contributed by atoms with E-state index in [9.17, 15) is 10.2 Å². The summed E-state index contributed by atoms with van der Waals surface area (Å²) < 4.78 is 13.2. The second kappa shape index (κ2) is 6.81. The number of rotatable bonds is 0. The van der Waals surface area contributed by atoms with Gasteiger partial charge in [-0.1, -0.05) is 39.3 Å². The van der Waals surface area contributed by atoms with Crippen LogP contribution < -0.4 is 0 Å². The lowest BCUT2D eigenvalue weighted by Gasteiger charge is -2.60. The summed E-state index contributed by atoms with van der Waals surface area (Å²) in [5, 5.41) is 22.0. The molecule has 0 aromatic heterocycles. The van der Waals surface area contributed by atoms with E-state index in [-0.39, 0.29) is 29.1 Å². The minimum Gasteiger partial charge on any atom is -0.393 e. The van der Waals surface area contributed by atoms with Crippen molar-refractivity contribution in [1.29, 1.82) is 0 Å². The molecule has 1 spiro atoms. The fourth-order valence-corrected chi connectivity index (χ4v) is 9.61. The lowest BCUT2D eigenvalue weighted by atomic mass is 9.46. The maximum atomic E-state index is 11.8. The van der Waals surface area contributed by atoms with Gasteiger partial charge in [0.25, 0.3) is 0 Å². The summed E-state index contributed by atoms with van der Waals surface area (Å²) in [6.07, 6.45) is 10.3. The molecule has 2 heterocycles. The van der Waals surface area contributed by atoms with Crippen molar-refractivity contribution >= 4 is 0 Å². The first-order valence-corrected chi connectivity index (χ1v) is 13.1. The van der Waals surface area contributed by atoms with E-state index in [1.54, 1.807) is 0 Å². The highest BCUT2D eigenvalue weighted by atomic mass is 16.7. The maximum absolute atomic E-state index is 11.8. The monoisotopic (exact) mass is 430 g/mol. The molecule has 0 aromatic rings. The summed E-state index contributed by atoms with van der Waals surface area (Å²) in [6.45, 7) is 10.2. The summed E-state index contributed by atoms with van der Waals surface area (Å²) in [5.41, 5.74) is 1.53. The molecule has 12 atom stereocenters. The number of hydrogen-bond acceptors (Lipinski definition) is 4. The molecule has 5 fully saturated rings. The predicted octanol–water partition coefficient (Wildman–Crippen LogP) is 4.68. The van der Waals surface area contributed by atoms with Crippen molar-refractivity contribution in [2.75, 3.05) is 6.61 Å². The highest BCUT2D eigenvalue weighted by molar-refractivity contribution is 5.27. The van der Waals surface area contributed by atoms with Crippen molar-refractivity contribution in [1.82, 2.24) is 0 Å². The molecule has 4 heteroatoms. The number of fused-ring (bicyclic) bond motifs is 7. The molecular formula is C27H42O4. The summed E-state index contributed by atoms with van der Waals surface area (Å²) in [4.78, 5) is 0. The van der Waals surface area contributed by atoms with Crippen LogP contribution in [0.25, 0.3) is 0 Å². The van der Waals surface area contributed by atoms with Crippen LogP contribution in [0, 0.1) is 46.3 Å². The molecule has 174 valence electrons. The van der Waals surface area contributed by atoms with Gasteiger partial charge in [0, 0.05) is 23.7 Å². The third-order valence-corrected chi connectivity index (χ3v) is 11.5. The minimum absolute atomic E-state index is 0.0863. The van der Waals surface area contributed by atoms with Gasteiger partial charge >= 0.3 is 0 Å². The molecule has 0 radical (unpaired) electrons. The van der Waals surface area contributed by atoms with Crippen LogP contribution in [0.15, 0.2) is 11.6 Å². The smallest absolute Gasteiger partial charge is 0.171 e. The van der Waals surface area contributed by atoms with Gasteiger partial charge in [0.2, 0.25) is 0 Å². The van der Waals surface area contributed by atoms with E-state index < -0.39 is 5.79 Å². The standard InChI is InChI=1S/C27H42O4/c1-15-7-10-27(30-14-15)16(2)24-22(31-27)12-21-19-6-5-17-11-18(28)8-9-25(17,3)20(19)13-23(29)26(21,24)4/h5,15-16,18-24,28-29H,6-14H2,1-4H3/t15?,16?,18-,19?,20?,21?,22?,23?,24?,25-,26+,27?/m0/s1. The van der Waals surface area contributed by atoms with Crippen LogP contribution >= 0.6 is 0 Å². The quantitative estimate of drug-likeness (QED) is 0.548. The van der Waals surface area contributed by atoms with Gasteiger partial charge < -0.3 is 19.7 Å². The Kier molecular flexibility index (Phi) is 4.64. The highest BCUT2D eigenvalue weighted by Gasteiger charge is 2.71. The summed E-state index contributed by atoms with van der Waals surface area (Å²) in [6, 6.07) is 0. The largest absolute Gasteiger partial charge is 0.393 e. The highest BCUT2D eigenvalue weighted by Crippen LogP contribution is 2.70. The topological polar surface area (TPSA) is 58.9 Å². The van der Waals surface area contributed by atoms with Crippen LogP contribution in [0.3, 0.4) is 0 Å². The first-order valence-electron chi connectivity index (χ1n) is 13.1. The average Bonchev–Trinajstić information content (AvgIpc) is 3.18. The second-order valence-electron chi connectivity index (χ2n) is 12.7. The molecule has 4 nitrogen and oxygen atoms in total. The van der Waals surface area contributed by atoms with Crippen LogP contribution in [0.1, 0.15) is 79.1 Å². The first-order chi connectivity index (χ1) is 14.7. The fraction of sp³-hybridized carbons (Fsp3) is 0.926. The Hall–Kier alpha value is -0.420. The summed E-state index contributed by atoms with van der Waals surface area (Å²) in [5.74, 6) is 2.58. The third kappa shape index (κ3) is 2.68. The molecule has 9 unspecified atom stereocenters. The molecule has 0 aromatic carbocycles.